The highest BCUT2D eigenvalue weighted by atomic mass is 32.2. The molecule has 1 aliphatic carbocycles. The van der Waals surface area contributed by atoms with Crippen molar-refractivity contribution < 1.29 is 8.42 Å². The van der Waals surface area contributed by atoms with Gasteiger partial charge in [-0.2, -0.15) is 4.31 Å². The van der Waals surface area contributed by atoms with Gasteiger partial charge in [0.15, 0.2) is 0 Å². The zero-order valence-corrected chi connectivity index (χ0v) is 20.3. The monoisotopic (exact) mass is 484 g/mol. The zero-order chi connectivity index (χ0) is 23.0. The van der Waals surface area contributed by atoms with Crippen LogP contribution in [-0.2, 0) is 29.4 Å². The fraction of sp³-hybridized carbons (Fsp3) is 0.417. The molecule has 0 bridgehead atoms. The number of hydrogen-bond donors (Lipinski definition) is 1. The number of piperazine rings is 1. The Morgan fingerprint density at radius 1 is 1.18 bits per heavy atom. The lowest BCUT2D eigenvalue weighted by atomic mass is 9.89. The number of sulfonamides is 1. The molecule has 1 aliphatic heterocycles. The third-order valence-electron chi connectivity index (χ3n) is 6.51. The standard InChI is InChI=1S/C24H28N4O3S2/c1-17-7-8-19-20(15-17)32-24-22(19)23(29)25-21(26-24)16-27-10-12-28(13-11-27)33(30,31)14-9-18-5-3-2-4-6-18/h2-6,9,14,17H,7-8,10-13,15-16H2,1H3,(H,25,26,29)/b14-9+. The Morgan fingerprint density at radius 2 is 1.94 bits per heavy atom. The van der Waals surface area contributed by atoms with Crippen LogP contribution >= 0.6 is 11.3 Å². The summed E-state index contributed by atoms with van der Waals surface area (Å²) >= 11 is 1.66. The van der Waals surface area contributed by atoms with E-state index in [1.807, 2.05) is 30.3 Å². The molecule has 2 aliphatic rings. The van der Waals surface area contributed by atoms with Crippen molar-refractivity contribution in [1.82, 2.24) is 19.2 Å². The number of benzene rings is 1. The molecular formula is C24H28N4O3S2. The van der Waals surface area contributed by atoms with E-state index in [2.05, 4.69) is 16.8 Å². The van der Waals surface area contributed by atoms with Gasteiger partial charge >= 0.3 is 0 Å². The third kappa shape index (κ3) is 4.82. The Morgan fingerprint density at radius 3 is 2.70 bits per heavy atom. The lowest BCUT2D eigenvalue weighted by Gasteiger charge is -2.32. The molecule has 5 rings (SSSR count). The molecule has 7 nitrogen and oxygen atoms in total. The molecule has 1 aromatic carbocycles. The first-order valence-corrected chi connectivity index (χ1v) is 13.7. The summed E-state index contributed by atoms with van der Waals surface area (Å²) < 4.78 is 26.9. The number of nitrogens with one attached hydrogen (secondary N) is 1. The van der Waals surface area contributed by atoms with Crippen molar-refractivity contribution >= 4 is 37.7 Å². The van der Waals surface area contributed by atoms with Crippen LogP contribution in [0, 0.1) is 5.92 Å². The van der Waals surface area contributed by atoms with E-state index in [4.69, 9.17) is 4.98 Å². The summed E-state index contributed by atoms with van der Waals surface area (Å²) in [6.45, 7) is 4.79. The summed E-state index contributed by atoms with van der Waals surface area (Å²) in [6, 6.07) is 9.41. The second-order valence-electron chi connectivity index (χ2n) is 8.98. The van der Waals surface area contributed by atoms with Gasteiger partial charge in [0.1, 0.15) is 10.7 Å². The molecule has 1 fully saturated rings. The van der Waals surface area contributed by atoms with E-state index in [-0.39, 0.29) is 5.56 Å². The molecule has 1 unspecified atom stereocenters. The van der Waals surface area contributed by atoms with E-state index < -0.39 is 10.0 Å². The molecule has 3 aromatic rings. The summed E-state index contributed by atoms with van der Waals surface area (Å²) in [7, 11) is -3.47. The van der Waals surface area contributed by atoms with E-state index in [9.17, 15) is 13.2 Å². The summed E-state index contributed by atoms with van der Waals surface area (Å²) in [5, 5.41) is 2.05. The van der Waals surface area contributed by atoms with Crippen molar-refractivity contribution in [3.05, 3.63) is 67.9 Å². The first kappa shape index (κ1) is 22.5. The summed E-state index contributed by atoms with van der Waals surface area (Å²) in [6.07, 6.45) is 4.73. The predicted molar refractivity (Wildman–Crippen MR) is 133 cm³/mol. The summed E-state index contributed by atoms with van der Waals surface area (Å²) in [5.41, 5.74) is 2.00. The van der Waals surface area contributed by atoms with Crippen molar-refractivity contribution in [3.63, 3.8) is 0 Å². The molecule has 1 saturated heterocycles. The van der Waals surface area contributed by atoms with Gasteiger partial charge in [0, 0.05) is 36.5 Å². The Balaban J connectivity index is 1.25. The molecule has 0 amide bonds. The van der Waals surface area contributed by atoms with Crippen LogP contribution in [0.3, 0.4) is 0 Å². The van der Waals surface area contributed by atoms with Gasteiger partial charge in [-0.1, -0.05) is 37.3 Å². The van der Waals surface area contributed by atoms with Gasteiger partial charge in [-0.05, 0) is 42.4 Å². The number of thiophene rings is 1. The van der Waals surface area contributed by atoms with Gasteiger partial charge in [0.05, 0.1) is 11.9 Å². The van der Waals surface area contributed by atoms with Crippen molar-refractivity contribution in [1.29, 1.82) is 0 Å². The Kier molecular flexibility index (Phi) is 6.22. The van der Waals surface area contributed by atoms with E-state index in [0.29, 0.717) is 44.5 Å². The van der Waals surface area contributed by atoms with E-state index in [1.165, 1.54) is 20.2 Å². The molecular weight excluding hydrogens is 456 g/mol. The minimum atomic E-state index is -3.47. The Labute approximate surface area is 197 Å². The van der Waals surface area contributed by atoms with Crippen molar-refractivity contribution in [2.24, 2.45) is 5.92 Å². The number of aryl methyl sites for hydroxylation is 1. The molecule has 9 heteroatoms. The average molecular weight is 485 g/mol. The van der Waals surface area contributed by atoms with Crippen molar-refractivity contribution in [2.45, 2.75) is 32.7 Å². The lowest BCUT2D eigenvalue weighted by molar-refractivity contribution is 0.179. The van der Waals surface area contributed by atoms with Gasteiger partial charge in [-0.15, -0.1) is 11.3 Å². The van der Waals surface area contributed by atoms with Crippen molar-refractivity contribution in [2.75, 3.05) is 26.2 Å². The molecule has 1 N–H and O–H groups in total. The summed E-state index contributed by atoms with van der Waals surface area (Å²) in [4.78, 5) is 24.9. The van der Waals surface area contributed by atoms with Crippen LogP contribution in [0.4, 0.5) is 0 Å². The van der Waals surface area contributed by atoms with E-state index in [0.717, 1.165) is 35.0 Å². The normalized spacial score (nSPS) is 20.5. The van der Waals surface area contributed by atoms with E-state index in [1.54, 1.807) is 17.4 Å². The van der Waals surface area contributed by atoms with Crippen LogP contribution in [0.15, 0.2) is 40.5 Å². The molecule has 3 heterocycles. The molecule has 33 heavy (non-hydrogen) atoms. The molecule has 2 aromatic heterocycles. The maximum Gasteiger partial charge on any atom is 0.259 e. The maximum atomic E-state index is 12.8. The van der Waals surface area contributed by atoms with Gasteiger partial charge in [0.25, 0.3) is 5.56 Å². The Hall–Kier alpha value is -2.33. The lowest BCUT2D eigenvalue weighted by Crippen LogP contribution is -2.47. The van der Waals surface area contributed by atoms with Crippen LogP contribution in [-0.4, -0.2) is 53.8 Å². The largest absolute Gasteiger partial charge is 0.309 e. The highest BCUT2D eigenvalue weighted by molar-refractivity contribution is 7.92. The predicted octanol–water partition coefficient (Wildman–Crippen LogP) is 3.23. The van der Waals surface area contributed by atoms with Crippen LogP contribution in [0.2, 0.25) is 0 Å². The van der Waals surface area contributed by atoms with E-state index >= 15 is 0 Å². The Bertz CT molecular complexity index is 1340. The number of H-pyrrole nitrogens is 1. The van der Waals surface area contributed by atoms with Gasteiger partial charge < -0.3 is 4.98 Å². The molecule has 1 atom stereocenters. The quantitative estimate of drug-likeness (QED) is 0.601. The molecule has 174 valence electrons. The topological polar surface area (TPSA) is 86.4 Å². The second kappa shape index (κ2) is 9.13. The number of nitrogens with zero attached hydrogens (tertiary/aromatic N) is 3. The van der Waals surface area contributed by atoms with Crippen LogP contribution in [0.25, 0.3) is 16.3 Å². The minimum absolute atomic E-state index is 0.0469. The number of rotatable bonds is 5. The number of aromatic amines is 1. The number of aromatic nitrogens is 2. The minimum Gasteiger partial charge on any atom is -0.309 e. The van der Waals surface area contributed by atoms with Crippen LogP contribution in [0.5, 0.6) is 0 Å². The summed E-state index contributed by atoms with van der Waals surface area (Å²) in [5.74, 6) is 1.30. The first-order chi connectivity index (χ1) is 15.9. The zero-order valence-electron chi connectivity index (χ0n) is 18.7. The highest BCUT2D eigenvalue weighted by Gasteiger charge is 2.26. The first-order valence-electron chi connectivity index (χ1n) is 11.4. The van der Waals surface area contributed by atoms with Gasteiger partial charge in [-0.3, -0.25) is 9.69 Å². The average Bonchev–Trinajstić information content (AvgIpc) is 3.16. The van der Waals surface area contributed by atoms with Crippen LogP contribution in [0.1, 0.15) is 35.2 Å². The number of fused-ring (bicyclic) bond motifs is 3. The van der Waals surface area contributed by atoms with Gasteiger partial charge in [0.2, 0.25) is 10.0 Å². The SMILES string of the molecule is CC1CCc2c(sc3nc(CN4CCN(S(=O)(=O)/C=C/c5ccccc5)CC4)[nH]c(=O)c23)C1. The third-order valence-corrected chi connectivity index (χ3v) is 9.22. The molecule has 0 radical (unpaired) electrons. The van der Waals surface area contributed by atoms with Crippen LogP contribution < -0.4 is 5.56 Å². The van der Waals surface area contributed by atoms with Crippen molar-refractivity contribution in [3.8, 4) is 0 Å². The number of hydrogen-bond acceptors (Lipinski definition) is 6. The molecule has 0 saturated carbocycles. The fourth-order valence-electron chi connectivity index (χ4n) is 4.64. The maximum absolute atomic E-state index is 12.8. The second-order valence-corrected chi connectivity index (χ2v) is 11.9. The highest BCUT2D eigenvalue weighted by Crippen LogP contribution is 2.35. The van der Waals surface area contributed by atoms with Gasteiger partial charge in [-0.25, -0.2) is 13.4 Å². The fourth-order valence-corrected chi connectivity index (χ4v) is 7.21. The smallest absolute Gasteiger partial charge is 0.259 e. The molecule has 0 spiro atoms.